The molecule has 4 rings (SSSR count). The molecule has 1 aliphatic rings. The molecule has 1 aromatic heterocycles. The number of alkyl halides is 3. The van der Waals surface area contributed by atoms with Crippen molar-refractivity contribution in [3.63, 3.8) is 0 Å². The minimum atomic E-state index is -4.61. The number of benzene rings is 2. The van der Waals surface area contributed by atoms with E-state index in [0.29, 0.717) is 18.7 Å². The lowest BCUT2D eigenvalue weighted by molar-refractivity contribution is -0.138. The molecule has 0 atom stereocenters. The Balaban J connectivity index is 1.42. The largest absolute Gasteiger partial charge is 0.417 e. The molecule has 3 aromatic rings. The molecule has 5 nitrogen and oxygen atoms in total. The second kappa shape index (κ2) is 8.09. The zero-order valence-electron chi connectivity index (χ0n) is 16.1. The number of hydrogen-bond donors (Lipinski definition) is 1. The van der Waals surface area contributed by atoms with Crippen molar-refractivity contribution in [3.8, 4) is 0 Å². The standard InChI is InChI=1S/C21H17F5N4O/c22-15-9-17-18(10-16(15)23)29-19(11-27-17)28-12-5-7-30(8-6-12)20(31)13-3-1-2-4-14(13)21(24,25)26/h1-4,9-12H,5-8H2,(H,28,29). The van der Waals surface area contributed by atoms with Gasteiger partial charge in [0.15, 0.2) is 11.6 Å². The number of anilines is 1. The zero-order chi connectivity index (χ0) is 22.2. The van der Waals surface area contributed by atoms with Gasteiger partial charge in [-0.3, -0.25) is 9.78 Å². The Kier molecular flexibility index (Phi) is 5.47. The molecule has 0 bridgehead atoms. The fourth-order valence-electron chi connectivity index (χ4n) is 3.60. The van der Waals surface area contributed by atoms with Crippen molar-refractivity contribution in [1.29, 1.82) is 0 Å². The Hall–Kier alpha value is -3.30. The van der Waals surface area contributed by atoms with E-state index in [1.807, 2.05) is 0 Å². The fraction of sp³-hybridized carbons (Fsp3) is 0.286. The van der Waals surface area contributed by atoms with Crippen molar-refractivity contribution in [3.05, 3.63) is 65.4 Å². The van der Waals surface area contributed by atoms with Crippen molar-refractivity contribution in [2.75, 3.05) is 18.4 Å². The molecule has 0 spiro atoms. The van der Waals surface area contributed by atoms with Crippen LogP contribution in [0.15, 0.2) is 42.6 Å². The molecule has 0 unspecified atom stereocenters. The molecule has 2 aromatic carbocycles. The van der Waals surface area contributed by atoms with Gasteiger partial charge < -0.3 is 10.2 Å². The van der Waals surface area contributed by atoms with Crippen molar-refractivity contribution < 1.29 is 26.7 Å². The van der Waals surface area contributed by atoms with Gasteiger partial charge in [-0.15, -0.1) is 0 Å². The molecule has 162 valence electrons. The quantitative estimate of drug-likeness (QED) is 0.608. The molecular weight excluding hydrogens is 419 g/mol. The van der Waals surface area contributed by atoms with E-state index in [2.05, 4.69) is 15.3 Å². The third-order valence-electron chi connectivity index (χ3n) is 5.18. The number of fused-ring (bicyclic) bond motifs is 1. The highest BCUT2D eigenvalue weighted by Gasteiger charge is 2.36. The molecule has 0 radical (unpaired) electrons. The highest BCUT2D eigenvalue weighted by molar-refractivity contribution is 5.96. The van der Waals surface area contributed by atoms with Gasteiger partial charge in [-0.1, -0.05) is 12.1 Å². The summed E-state index contributed by atoms with van der Waals surface area (Å²) in [7, 11) is 0. The predicted octanol–water partition coefficient (Wildman–Crippen LogP) is 4.64. The van der Waals surface area contributed by atoms with Gasteiger partial charge in [-0.2, -0.15) is 13.2 Å². The highest BCUT2D eigenvalue weighted by Crippen LogP contribution is 2.32. The summed E-state index contributed by atoms with van der Waals surface area (Å²) in [6, 6.07) is 6.56. The van der Waals surface area contributed by atoms with Gasteiger partial charge in [-0.25, -0.2) is 13.8 Å². The third kappa shape index (κ3) is 4.42. The van der Waals surface area contributed by atoms with Gasteiger partial charge >= 0.3 is 6.18 Å². The average Bonchev–Trinajstić information content (AvgIpc) is 2.74. The van der Waals surface area contributed by atoms with E-state index in [0.717, 1.165) is 18.2 Å². The summed E-state index contributed by atoms with van der Waals surface area (Å²) in [5, 5.41) is 3.13. The number of nitrogens with one attached hydrogen (secondary N) is 1. The molecule has 2 heterocycles. The number of rotatable bonds is 3. The van der Waals surface area contributed by atoms with Crippen LogP contribution in [0.3, 0.4) is 0 Å². The lowest BCUT2D eigenvalue weighted by Crippen LogP contribution is -2.43. The second-order valence-electron chi connectivity index (χ2n) is 7.26. The Morgan fingerprint density at radius 3 is 2.35 bits per heavy atom. The number of amides is 1. The summed E-state index contributed by atoms with van der Waals surface area (Å²) < 4.78 is 66.3. The maximum atomic E-state index is 13.4. The molecule has 0 aliphatic carbocycles. The summed E-state index contributed by atoms with van der Waals surface area (Å²) in [6.45, 7) is 0.535. The summed E-state index contributed by atoms with van der Waals surface area (Å²) in [5.74, 6) is -2.32. The van der Waals surface area contributed by atoms with Crippen LogP contribution in [0.4, 0.5) is 27.8 Å². The maximum Gasteiger partial charge on any atom is 0.417 e. The van der Waals surface area contributed by atoms with Gasteiger partial charge in [-0.05, 0) is 25.0 Å². The van der Waals surface area contributed by atoms with E-state index in [1.54, 1.807) is 0 Å². The summed E-state index contributed by atoms with van der Waals surface area (Å²) >= 11 is 0. The molecule has 1 amide bonds. The lowest BCUT2D eigenvalue weighted by Gasteiger charge is -2.33. The number of halogens is 5. The summed E-state index contributed by atoms with van der Waals surface area (Å²) in [5.41, 5.74) is -0.903. The molecule has 31 heavy (non-hydrogen) atoms. The van der Waals surface area contributed by atoms with E-state index in [4.69, 9.17) is 0 Å². The fourth-order valence-corrected chi connectivity index (χ4v) is 3.60. The summed E-state index contributed by atoms with van der Waals surface area (Å²) in [4.78, 5) is 22.3. The van der Waals surface area contributed by atoms with Crippen LogP contribution in [0.1, 0.15) is 28.8 Å². The van der Waals surface area contributed by atoms with E-state index in [-0.39, 0.29) is 35.7 Å². The lowest BCUT2D eigenvalue weighted by atomic mass is 10.0. The van der Waals surface area contributed by atoms with Crippen LogP contribution < -0.4 is 5.32 Å². The molecular formula is C21H17F5N4O. The zero-order valence-corrected chi connectivity index (χ0v) is 16.1. The van der Waals surface area contributed by atoms with Crippen molar-refractivity contribution >= 4 is 22.8 Å². The first kappa shape index (κ1) is 21.0. The van der Waals surface area contributed by atoms with Crippen LogP contribution in [0.25, 0.3) is 11.0 Å². The SMILES string of the molecule is O=C(c1ccccc1C(F)(F)F)N1CCC(Nc2cnc3cc(F)c(F)cc3n2)CC1. The van der Waals surface area contributed by atoms with Crippen LogP contribution >= 0.6 is 0 Å². The van der Waals surface area contributed by atoms with Crippen LogP contribution in [0.2, 0.25) is 0 Å². The molecule has 10 heteroatoms. The first-order chi connectivity index (χ1) is 14.7. The molecule has 1 saturated heterocycles. The number of aromatic nitrogens is 2. The minimum Gasteiger partial charge on any atom is -0.366 e. The smallest absolute Gasteiger partial charge is 0.366 e. The molecule has 0 saturated carbocycles. The Bertz CT molecular complexity index is 1130. The first-order valence-corrected chi connectivity index (χ1v) is 9.56. The number of likely N-dealkylation sites (tertiary alicyclic amines) is 1. The monoisotopic (exact) mass is 436 g/mol. The number of nitrogens with zero attached hydrogens (tertiary/aromatic N) is 3. The van der Waals surface area contributed by atoms with E-state index in [1.165, 1.54) is 29.3 Å². The number of carbonyl (C=O) groups excluding carboxylic acids is 1. The van der Waals surface area contributed by atoms with Crippen molar-refractivity contribution in [2.45, 2.75) is 25.1 Å². The molecule has 1 aliphatic heterocycles. The normalized spacial score (nSPS) is 15.3. The minimum absolute atomic E-state index is 0.0982. The van der Waals surface area contributed by atoms with Crippen molar-refractivity contribution in [2.24, 2.45) is 0 Å². The summed E-state index contributed by atoms with van der Waals surface area (Å²) in [6.07, 6.45) is -2.24. The van der Waals surface area contributed by atoms with E-state index in [9.17, 15) is 26.7 Å². The number of carbonyl (C=O) groups is 1. The van der Waals surface area contributed by atoms with E-state index >= 15 is 0 Å². The van der Waals surface area contributed by atoms with Crippen LogP contribution in [0, 0.1) is 11.6 Å². The molecule has 1 fully saturated rings. The van der Waals surface area contributed by atoms with Crippen LogP contribution in [-0.2, 0) is 6.18 Å². The van der Waals surface area contributed by atoms with Crippen LogP contribution in [-0.4, -0.2) is 39.9 Å². The Labute approximate surface area is 173 Å². The Morgan fingerprint density at radius 2 is 1.68 bits per heavy atom. The first-order valence-electron chi connectivity index (χ1n) is 9.56. The van der Waals surface area contributed by atoms with Gasteiger partial charge in [0.1, 0.15) is 5.82 Å². The third-order valence-corrected chi connectivity index (χ3v) is 5.18. The van der Waals surface area contributed by atoms with E-state index < -0.39 is 29.3 Å². The second-order valence-corrected chi connectivity index (χ2v) is 7.26. The molecule has 1 N–H and O–H groups in total. The number of piperidine rings is 1. The van der Waals surface area contributed by atoms with Gasteiger partial charge in [0.2, 0.25) is 0 Å². The van der Waals surface area contributed by atoms with Gasteiger partial charge in [0.05, 0.1) is 28.4 Å². The van der Waals surface area contributed by atoms with Gasteiger partial charge in [0, 0.05) is 31.3 Å². The van der Waals surface area contributed by atoms with Crippen molar-refractivity contribution in [1.82, 2.24) is 14.9 Å². The van der Waals surface area contributed by atoms with Gasteiger partial charge in [0.25, 0.3) is 5.91 Å². The average molecular weight is 436 g/mol. The predicted molar refractivity (Wildman–Crippen MR) is 103 cm³/mol. The maximum absolute atomic E-state index is 13.4. The van der Waals surface area contributed by atoms with Crippen LogP contribution in [0.5, 0.6) is 0 Å². The highest BCUT2D eigenvalue weighted by atomic mass is 19.4. The number of hydrogen-bond acceptors (Lipinski definition) is 4. The topological polar surface area (TPSA) is 58.1 Å². The Morgan fingerprint density at radius 1 is 1.03 bits per heavy atom.